The van der Waals surface area contributed by atoms with Crippen LogP contribution >= 0.6 is 27.7 Å². The number of anilines is 1. The number of benzene rings is 1. The first-order chi connectivity index (χ1) is 11.0. The zero-order chi connectivity index (χ0) is 16.8. The molecule has 23 heavy (non-hydrogen) atoms. The molecule has 0 aliphatic carbocycles. The van der Waals surface area contributed by atoms with E-state index in [2.05, 4.69) is 38.5 Å². The SMILES string of the molecule is COCCn1cc(NC(=O)CSc2cc(C)c(Br)cc2C)cn1. The van der Waals surface area contributed by atoms with E-state index in [0.29, 0.717) is 24.6 Å². The second kappa shape index (κ2) is 8.52. The number of rotatable bonds is 7. The highest BCUT2D eigenvalue weighted by Crippen LogP contribution is 2.28. The molecule has 0 atom stereocenters. The Labute approximate surface area is 148 Å². The third kappa shape index (κ3) is 5.37. The van der Waals surface area contributed by atoms with Crippen molar-refractivity contribution >= 4 is 39.3 Å². The Morgan fingerprint density at radius 3 is 2.91 bits per heavy atom. The molecule has 2 aromatic rings. The molecule has 1 aromatic carbocycles. The van der Waals surface area contributed by atoms with E-state index in [1.54, 1.807) is 24.2 Å². The summed E-state index contributed by atoms with van der Waals surface area (Å²) in [6.45, 7) is 5.35. The number of thioether (sulfide) groups is 1. The van der Waals surface area contributed by atoms with Gasteiger partial charge in [0, 0.05) is 22.7 Å². The number of halogens is 1. The van der Waals surface area contributed by atoms with Gasteiger partial charge in [0.05, 0.1) is 30.8 Å². The number of ether oxygens (including phenoxy) is 1. The van der Waals surface area contributed by atoms with Crippen molar-refractivity contribution in [1.29, 1.82) is 0 Å². The van der Waals surface area contributed by atoms with Gasteiger partial charge in [-0.2, -0.15) is 5.10 Å². The molecule has 0 radical (unpaired) electrons. The molecule has 1 aromatic heterocycles. The minimum absolute atomic E-state index is 0.0405. The maximum atomic E-state index is 12.1. The number of aryl methyl sites for hydroxylation is 2. The molecule has 124 valence electrons. The number of hydrogen-bond acceptors (Lipinski definition) is 4. The van der Waals surface area contributed by atoms with Gasteiger partial charge in [0.1, 0.15) is 0 Å². The molecule has 0 aliphatic rings. The van der Waals surface area contributed by atoms with Crippen LogP contribution in [0.5, 0.6) is 0 Å². The van der Waals surface area contributed by atoms with E-state index < -0.39 is 0 Å². The van der Waals surface area contributed by atoms with E-state index in [1.165, 1.54) is 11.8 Å². The van der Waals surface area contributed by atoms with Gasteiger partial charge in [0.2, 0.25) is 5.91 Å². The standard InChI is InChI=1S/C16H20BrN3O2S/c1-11-7-15(12(2)6-14(11)17)23-10-16(21)19-13-8-18-20(9-13)4-5-22-3/h6-9H,4-5,10H2,1-3H3,(H,19,21). The number of aromatic nitrogens is 2. The second-order valence-corrected chi connectivity index (χ2v) is 7.06. The van der Waals surface area contributed by atoms with Gasteiger partial charge in [-0.1, -0.05) is 15.9 Å². The van der Waals surface area contributed by atoms with Crippen LogP contribution in [0.1, 0.15) is 11.1 Å². The minimum Gasteiger partial charge on any atom is -0.383 e. The van der Waals surface area contributed by atoms with Crippen LogP contribution in [0.25, 0.3) is 0 Å². The maximum Gasteiger partial charge on any atom is 0.234 e. The lowest BCUT2D eigenvalue weighted by atomic mass is 10.2. The number of carbonyl (C=O) groups excluding carboxylic acids is 1. The summed E-state index contributed by atoms with van der Waals surface area (Å²) >= 11 is 5.06. The monoisotopic (exact) mass is 397 g/mol. The van der Waals surface area contributed by atoms with Crippen LogP contribution in [-0.4, -0.2) is 35.2 Å². The molecule has 0 unspecified atom stereocenters. The first-order valence-electron chi connectivity index (χ1n) is 7.20. The predicted molar refractivity (Wildman–Crippen MR) is 97.1 cm³/mol. The molecule has 0 fully saturated rings. The van der Waals surface area contributed by atoms with Crippen LogP contribution in [0.3, 0.4) is 0 Å². The highest BCUT2D eigenvalue weighted by atomic mass is 79.9. The van der Waals surface area contributed by atoms with Crippen LogP contribution in [0.2, 0.25) is 0 Å². The fourth-order valence-corrected chi connectivity index (χ4v) is 3.35. The van der Waals surface area contributed by atoms with Crippen molar-refractivity contribution in [3.05, 3.63) is 40.1 Å². The fraction of sp³-hybridized carbons (Fsp3) is 0.375. The van der Waals surface area contributed by atoms with E-state index in [4.69, 9.17) is 4.74 Å². The average Bonchev–Trinajstić information content (AvgIpc) is 2.95. The van der Waals surface area contributed by atoms with E-state index in [0.717, 1.165) is 20.5 Å². The summed E-state index contributed by atoms with van der Waals surface area (Å²) in [5.74, 6) is 0.326. The summed E-state index contributed by atoms with van der Waals surface area (Å²) in [6, 6.07) is 4.18. The lowest BCUT2D eigenvalue weighted by Gasteiger charge is -2.08. The molecule has 0 aliphatic heterocycles. The summed E-state index contributed by atoms with van der Waals surface area (Å²) < 4.78 is 7.83. The highest BCUT2D eigenvalue weighted by molar-refractivity contribution is 9.10. The van der Waals surface area contributed by atoms with Crippen LogP contribution in [0.4, 0.5) is 5.69 Å². The van der Waals surface area contributed by atoms with Crippen molar-refractivity contribution in [2.45, 2.75) is 25.3 Å². The second-order valence-electron chi connectivity index (χ2n) is 5.19. The topological polar surface area (TPSA) is 56.1 Å². The Morgan fingerprint density at radius 2 is 2.17 bits per heavy atom. The lowest BCUT2D eigenvalue weighted by molar-refractivity contribution is -0.113. The van der Waals surface area contributed by atoms with Crippen molar-refractivity contribution in [2.24, 2.45) is 0 Å². The van der Waals surface area contributed by atoms with Crippen molar-refractivity contribution in [3.63, 3.8) is 0 Å². The first-order valence-corrected chi connectivity index (χ1v) is 8.98. The van der Waals surface area contributed by atoms with Crippen LogP contribution in [0, 0.1) is 13.8 Å². The Hall–Kier alpha value is -1.31. The van der Waals surface area contributed by atoms with Gasteiger partial charge in [-0.3, -0.25) is 9.48 Å². The number of nitrogens with zero attached hydrogens (tertiary/aromatic N) is 2. The molecule has 0 bridgehead atoms. The van der Waals surface area contributed by atoms with Gasteiger partial charge >= 0.3 is 0 Å². The molecular formula is C16H20BrN3O2S. The number of nitrogens with one attached hydrogen (secondary N) is 1. The molecule has 0 saturated heterocycles. The molecule has 1 heterocycles. The summed E-state index contributed by atoms with van der Waals surface area (Å²) in [5, 5.41) is 7.03. The van der Waals surface area contributed by atoms with Gasteiger partial charge in [-0.25, -0.2) is 0 Å². The normalized spacial score (nSPS) is 10.8. The van der Waals surface area contributed by atoms with Crippen molar-refractivity contribution < 1.29 is 9.53 Å². The van der Waals surface area contributed by atoms with E-state index in [-0.39, 0.29) is 5.91 Å². The van der Waals surface area contributed by atoms with Crippen molar-refractivity contribution in [2.75, 3.05) is 24.8 Å². The fourth-order valence-electron chi connectivity index (χ4n) is 1.99. The van der Waals surface area contributed by atoms with Gasteiger partial charge in [0.25, 0.3) is 0 Å². The number of amides is 1. The van der Waals surface area contributed by atoms with Gasteiger partial charge in [-0.15, -0.1) is 11.8 Å². The molecule has 0 saturated carbocycles. The highest BCUT2D eigenvalue weighted by Gasteiger charge is 2.08. The summed E-state index contributed by atoms with van der Waals surface area (Å²) in [7, 11) is 1.65. The largest absolute Gasteiger partial charge is 0.383 e. The quantitative estimate of drug-likeness (QED) is 0.724. The Bertz CT molecular complexity index is 688. The van der Waals surface area contributed by atoms with Crippen LogP contribution in [0.15, 0.2) is 33.9 Å². The Balaban J connectivity index is 1.88. The Morgan fingerprint density at radius 1 is 1.39 bits per heavy atom. The number of hydrogen-bond donors (Lipinski definition) is 1. The molecule has 0 spiro atoms. The predicted octanol–water partition coefficient (Wildman–Crippen LogP) is 3.64. The maximum absolute atomic E-state index is 12.1. The molecule has 7 heteroatoms. The summed E-state index contributed by atoms with van der Waals surface area (Å²) in [4.78, 5) is 13.2. The van der Waals surface area contributed by atoms with Gasteiger partial charge in [-0.05, 0) is 37.1 Å². The smallest absolute Gasteiger partial charge is 0.234 e. The van der Waals surface area contributed by atoms with Gasteiger partial charge < -0.3 is 10.1 Å². The molecule has 1 N–H and O–H groups in total. The average molecular weight is 398 g/mol. The molecular weight excluding hydrogens is 378 g/mol. The zero-order valence-electron chi connectivity index (χ0n) is 13.4. The number of carbonyl (C=O) groups is 1. The molecule has 1 amide bonds. The lowest BCUT2D eigenvalue weighted by Crippen LogP contribution is -2.13. The van der Waals surface area contributed by atoms with Crippen molar-refractivity contribution in [1.82, 2.24) is 9.78 Å². The first kappa shape index (κ1) is 18.0. The summed E-state index contributed by atoms with van der Waals surface area (Å²) in [6.07, 6.45) is 3.45. The third-order valence-electron chi connectivity index (χ3n) is 3.26. The van der Waals surface area contributed by atoms with E-state index in [1.807, 2.05) is 13.8 Å². The van der Waals surface area contributed by atoms with Crippen LogP contribution in [-0.2, 0) is 16.1 Å². The van der Waals surface area contributed by atoms with Crippen molar-refractivity contribution in [3.8, 4) is 0 Å². The zero-order valence-corrected chi connectivity index (χ0v) is 15.8. The number of methoxy groups -OCH3 is 1. The summed E-state index contributed by atoms with van der Waals surface area (Å²) in [5.41, 5.74) is 3.03. The van der Waals surface area contributed by atoms with E-state index in [9.17, 15) is 4.79 Å². The third-order valence-corrected chi connectivity index (χ3v) is 5.27. The van der Waals surface area contributed by atoms with Crippen LogP contribution < -0.4 is 5.32 Å². The Kier molecular flexibility index (Phi) is 6.68. The van der Waals surface area contributed by atoms with E-state index >= 15 is 0 Å². The minimum atomic E-state index is -0.0405. The van der Waals surface area contributed by atoms with Gasteiger partial charge in [0.15, 0.2) is 0 Å². The molecule has 5 nitrogen and oxygen atoms in total. The molecule has 2 rings (SSSR count).